The maximum atomic E-state index is 11.6. The molecule has 100 valence electrons. The smallest absolute Gasteiger partial charge is 0.344 e. The molecule has 0 saturated heterocycles. The first kappa shape index (κ1) is 13.5. The lowest BCUT2D eigenvalue weighted by Gasteiger charge is -2.08. The van der Waals surface area contributed by atoms with Crippen molar-refractivity contribution in [3.05, 3.63) is 40.0 Å². The molecule has 0 aliphatic rings. The van der Waals surface area contributed by atoms with Crippen LogP contribution in [0.5, 0.6) is 5.88 Å². The average Bonchev–Trinajstić information content (AvgIpc) is 2.91. The van der Waals surface area contributed by atoms with Gasteiger partial charge in [0.15, 0.2) is 0 Å². The van der Waals surface area contributed by atoms with Crippen molar-refractivity contribution in [3.8, 4) is 5.88 Å². The number of esters is 1. The number of rotatable bonds is 5. The van der Waals surface area contributed by atoms with Gasteiger partial charge in [-0.25, -0.2) is 9.78 Å². The summed E-state index contributed by atoms with van der Waals surface area (Å²) in [6.07, 6.45) is 2.20. The minimum Gasteiger partial charge on any atom is -0.477 e. The molecule has 2 heterocycles. The normalized spacial score (nSPS) is 10.2. The van der Waals surface area contributed by atoms with Gasteiger partial charge in [0.1, 0.15) is 11.4 Å². The van der Waals surface area contributed by atoms with Crippen LogP contribution >= 0.6 is 11.3 Å². The van der Waals surface area contributed by atoms with Crippen LogP contribution in [-0.2, 0) is 11.2 Å². The van der Waals surface area contributed by atoms with Crippen molar-refractivity contribution >= 4 is 17.3 Å². The second-order valence-electron chi connectivity index (χ2n) is 3.81. The van der Waals surface area contributed by atoms with Crippen LogP contribution in [0.15, 0.2) is 23.7 Å². The molecule has 19 heavy (non-hydrogen) atoms. The van der Waals surface area contributed by atoms with Crippen LogP contribution in [0.4, 0.5) is 0 Å². The molecule has 6 heteroatoms. The summed E-state index contributed by atoms with van der Waals surface area (Å²) >= 11 is 1.67. The topological polar surface area (TPSA) is 61.3 Å². The predicted molar refractivity (Wildman–Crippen MR) is 71.6 cm³/mol. The molecule has 0 unspecified atom stereocenters. The summed E-state index contributed by atoms with van der Waals surface area (Å²) in [5, 5.41) is 2.02. The SMILES string of the molecule is COC(=O)c1cnc(C)nc1OCCc1cccs1. The van der Waals surface area contributed by atoms with Crippen LogP contribution < -0.4 is 4.74 Å². The quantitative estimate of drug-likeness (QED) is 0.785. The molecular formula is C13H14N2O3S. The summed E-state index contributed by atoms with van der Waals surface area (Å²) in [4.78, 5) is 20.9. The molecule has 0 spiro atoms. The first-order valence-electron chi connectivity index (χ1n) is 5.78. The third kappa shape index (κ3) is 3.51. The second kappa shape index (κ2) is 6.29. The van der Waals surface area contributed by atoms with Crippen molar-refractivity contribution in [1.29, 1.82) is 0 Å². The molecule has 0 bridgehead atoms. The van der Waals surface area contributed by atoms with Crippen LogP contribution in [0.25, 0.3) is 0 Å². The fourth-order valence-electron chi connectivity index (χ4n) is 1.51. The molecule has 0 atom stereocenters. The van der Waals surface area contributed by atoms with Gasteiger partial charge < -0.3 is 9.47 Å². The molecule has 0 aliphatic carbocycles. The first-order valence-corrected chi connectivity index (χ1v) is 6.66. The van der Waals surface area contributed by atoms with Crippen molar-refractivity contribution in [2.24, 2.45) is 0 Å². The second-order valence-corrected chi connectivity index (χ2v) is 4.84. The van der Waals surface area contributed by atoms with Crippen molar-refractivity contribution in [2.75, 3.05) is 13.7 Å². The Morgan fingerprint density at radius 3 is 3.00 bits per heavy atom. The molecule has 0 N–H and O–H groups in total. The van der Waals surface area contributed by atoms with Gasteiger partial charge in [0, 0.05) is 17.5 Å². The van der Waals surface area contributed by atoms with E-state index in [9.17, 15) is 4.79 Å². The molecule has 0 aliphatic heterocycles. The van der Waals surface area contributed by atoms with E-state index in [0.717, 1.165) is 6.42 Å². The summed E-state index contributed by atoms with van der Waals surface area (Å²) in [5.41, 5.74) is 0.249. The largest absolute Gasteiger partial charge is 0.477 e. The Labute approximate surface area is 115 Å². The van der Waals surface area contributed by atoms with E-state index in [0.29, 0.717) is 12.4 Å². The van der Waals surface area contributed by atoms with E-state index in [1.165, 1.54) is 18.2 Å². The zero-order valence-corrected chi connectivity index (χ0v) is 11.6. The van der Waals surface area contributed by atoms with Crippen molar-refractivity contribution in [2.45, 2.75) is 13.3 Å². The first-order chi connectivity index (χ1) is 9.20. The molecule has 0 amide bonds. The lowest BCUT2D eigenvalue weighted by atomic mass is 10.3. The Bertz CT molecular complexity index is 555. The highest BCUT2D eigenvalue weighted by Crippen LogP contribution is 2.16. The molecule has 0 aromatic carbocycles. The predicted octanol–water partition coefficient (Wildman–Crippen LogP) is 2.25. The van der Waals surface area contributed by atoms with Gasteiger partial charge in [-0.3, -0.25) is 0 Å². The summed E-state index contributed by atoms with van der Waals surface area (Å²) in [5.74, 6) is 0.334. The van der Waals surface area contributed by atoms with Gasteiger partial charge >= 0.3 is 5.97 Å². The molecule has 0 fully saturated rings. The third-order valence-corrected chi connectivity index (χ3v) is 3.38. The van der Waals surface area contributed by atoms with E-state index in [4.69, 9.17) is 4.74 Å². The highest BCUT2D eigenvalue weighted by Gasteiger charge is 2.15. The van der Waals surface area contributed by atoms with Crippen LogP contribution in [0, 0.1) is 6.92 Å². The van der Waals surface area contributed by atoms with Gasteiger partial charge in [-0.2, -0.15) is 4.98 Å². The number of hydrogen-bond acceptors (Lipinski definition) is 6. The Balaban J connectivity index is 2.05. The Hall–Kier alpha value is -1.95. The molecule has 0 radical (unpaired) electrons. The highest BCUT2D eigenvalue weighted by molar-refractivity contribution is 7.09. The van der Waals surface area contributed by atoms with Crippen LogP contribution in [-0.4, -0.2) is 29.7 Å². The molecular weight excluding hydrogens is 264 g/mol. The minimum absolute atomic E-state index is 0.249. The third-order valence-electron chi connectivity index (χ3n) is 2.45. The fourth-order valence-corrected chi connectivity index (χ4v) is 2.20. The standard InChI is InChI=1S/C13H14N2O3S/c1-9-14-8-11(13(16)17-2)12(15-9)18-6-5-10-4-3-7-19-10/h3-4,7-8H,5-6H2,1-2H3. The molecule has 2 aromatic rings. The van der Waals surface area contributed by atoms with E-state index in [-0.39, 0.29) is 11.4 Å². The molecule has 5 nitrogen and oxygen atoms in total. The van der Waals surface area contributed by atoms with E-state index in [1.807, 2.05) is 17.5 Å². The van der Waals surface area contributed by atoms with Gasteiger partial charge in [-0.15, -0.1) is 11.3 Å². The summed E-state index contributed by atoms with van der Waals surface area (Å²) in [7, 11) is 1.32. The molecule has 0 saturated carbocycles. The number of thiophene rings is 1. The van der Waals surface area contributed by atoms with Crippen LogP contribution in [0.2, 0.25) is 0 Å². The Morgan fingerprint density at radius 2 is 2.32 bits per heavy atom. The van der Waals surface area contributed by atoms with Crippen molar-refractivity contribution < 1.29 is 14.3 Å². The van der Waals surface area contributed by atoms with Gasteiger partial charge in [0.05, 0.1) is 13.7 Å². The van der Waals surface area contributed by atoms with E-state index >= 15 is 0 Å². The summed E-state index contributed by atoms with van der Waals surface area (Å²) in [6, 6.07) is 4.04. The van der Waals surface area contributed by atoms with Crippen molar-refractivity contribution in [1.82, 2.24) is 9.97 Å². The van der Waals surface area contributed by atoms with Gasteiger partial charge in [0.2, 0.25) is 5.88 Å². The summed E-state index contributed by atoms with van der Waals surface area (Å²) < 4.78 is 10.2. The fraction of sp³-hybridized carbons (Fsp3) is 0.308. The number of ether oxygens (including phenoxy) is 2. The maximum Gasteiger partial charge on any atom is 0.344 e. The molecule has 2 rings (SSSR count). The minimum atomic E-state index is -0.494. The number of carbonyl (C=O) groups is 1. The van der Waals surface area contributed by atoms with Crippen LogP contribution in [0.1, 0.15) is 21.1 Å². The zero-order chi connectivity index (χ0) is 13.7. The zero-order valence-electron chi connectivity index (χ0n) is 10.8. The maximum absolute atomic E-state index is 11.6. The van der Waals surface area contributed by atoms with Crippen molar-refractivity contribution in [3.63, 3.8) is 0 Å². The van der Waals surface area contributed by atoms with E-state index in [1.54, 1.807) is 18.3 Å². The average molecular weight is 278 g/mol. The highest BCUT2D eigenvalue weighted by atomic mass is 32.1. The number of hydrogen-bond donors (Lipinski definition) is 0. The Morgan fingerprint density at radius 1 is 1.47 bits per heavy atom. The number of carbonyl (C=O) groups excluding carboxylic acids is 1. The van der Waals surface area contributed by atoms with Gasteiger partial charge in [0.25, 0.3) is 0 Å². The van der Waals surface area contributed by atoms with Gasteiger partial charge in [-0.05, 0) is 18.4 Å². The van der Waals surface area contributed by atoms with Crippen LogP contribution in [0.3, 0.4) is 0 Å². The van der Waals surface area contributed by atoms with E-state index in [2.05, 4.69) is 14.7 Å². The number of nitrogens with zero attached hydrogens (tertiary/aromatic N) is 2. The number of aromatic nitrogens is 2. The lowest BCUT2D eigenvalue weighted by molar-refractivity contribution is 0.0594. The van der Waals surface area contributed by atoms with Gasteiger partial charge in [-0.1, -0.05) is 6.07 Å². The monoisotopic (exact) mass is 278 g/mol. The number of methoxy groups -OCH3 is 1. The lowest BCUT2D eigenvalue weighted by Crippen LogP contribution is -2.10. The Kier molecular flexibility index (Phi) is 4.46. The van der Waals surface area contributed by atoms with E-state index < -0.39 is 5.97 Å². The summed E-state index contributed by atoms with van der Waals surface area (Å²) in [6.45, 7) is 2.20. The number of aryl methyl sites for hydroxylation is 1. The molecule has 2 aromatic heterocycles.